The Bertz CT molecular complexity index is 1630. The zero-order chi connectivity index (χ0) is 26.7. The van der Waals surface area contributed by atoms with Crippen molar-refractivity contribution in [2.75, 3.05) is 10.8 Å². The van der Waals surface area contributed by atoms with Crippen molar-refractivity contribution >= 4 is 59.0 Å². The van der Waals surface area contributed by atoms with Crippen LogP contribution >= 0.6 is 27.3 Å². The van der Waals surface area contributed by atoms with Gasteiger partial charge >= 0.3 is 0 Å². The highest BCUT2D eigenvalue weighted by Crippen LogP contribution is 2.33. The van der Waals surface area contributed by atoms with E-state index in [1.165, 1.54) is 15.6 Å². The minimum atomic E-state index is -3.74. The van der Waals surface area contributed by atoms with Crippen molar-refractivity contribution in [1.82, 2.24) is 5.32 Å². The van der Waals surface area contributed by atoms with Crippen molar-refractivity contribution in [3.63, 3.8) is 0 Å². The Kier molecular flexibility index (Phi) is 7.65. The molecule has 1 heterocycles. The van der Waals surface area contributed by atoms with E-state index in [-0.39, 0.29) is 23.4 Å². The van der Waals surface area contributed by atoms with Gasteiger partial charge in [-0.25, -0.2) is 8.42 Å². The van der Waals surface area contributed by atoms with Crippen LogP contribution in [0.1, 0.15) is 33.8 Å². The van der Waals surface area contributed by atoms with Crippen molar-refractivity contribution in [2.24, 2.45) is 0 Å². The van der Waals surface area contributed by atoms with E-state index >= 15 is 0 Å². The van der Waals surface area contributed by atoms with Crippen molar-refractivity contribution in [1.29, 1.82) is 0 Å². The fourth-order valence-corrected chi connectivity index (χ4v) is 7.05. The fourth-order valence-electron chi connectivity index (χ4n) is 4.38. The summed E-state index contributed by atoms with van der Waals surface area (Å²) in [5, 5.41) is 4.00. The van der Waals surface area contributed by atoms with Gasteiger partial charge < -0.3 is 5.32 Å². The van der Waals surface area contributed by atoms with Gasteiger partial charge in [-0.15, -0.1) is 11.3 Å². The number of amides is 1. The normalized spacial score (nSPS) is 11.6. The largest absolute Gasteiger partial charge is 0.340 e. The molecule has 5 aromatic rings. The van der Waals surface area contributed by atoms with Gasteiger partial charge in [0.15, 0.2) is 0 Å². The lowest BCUT2D eigenvalue weighted by Gasteiger charge is -2.23. The molecule has 1 aromatic heterocycles. The van der Waals surface area contributed by atoms with E-state index in [1.807, 2.05) is 78.9 Å². The van der Waals surface area contributed by atoms with Gasteiger partial charge in [0.05, 0.1) is 21.5 Å². The van der Waals surface area contributed by atoms with Gasteiger partial charge in [-0.2, -0.15) is 0 Å². The Morgan fingerprint density at radius 3 is 2.05 bits per heavy atom. The molecule has 5 rings (SSSR count). The summed E-state index contributed by atoms with van der Waals surface area (Å²) in [5.41, 5.74) is 2.54. The molecule has 8 heteroatoms. The van der Waals surface area contributed by atoms with E-state index in [4.69, 9.17) is 0 Å². The number of anilines is 1. The number of carbonyl (C=O) groups excluding carboxylic acids is 1. The predicted molar refractivity (Wildman–Crippen MR) is 158 cm³/mol. The molecule has 0 atom stereocenters. The monoisotopic (exact) mass is 604 g/mol. The summed E-state index contributed by atoms with van der Waals surface area (Å²) in [7, 11) is -3.74. The Hall–Kier alpha value is -3.46. The summed E-state index contributed by atoms with van der Waals surface area (Å²) in [6.07, 6.45) is 0. The quantitative estimate of drug-likeness (QED) is 0.201. The smallest absolute Gasteiger partial charge is 0.264 e. The number of carbonyl (C=O) groups is 1. The Morgan fingerprint density at radius 2 is 1.47 bits per heavy atom. The average Bonchev–Trinajstić information content (AvgIpc) is 3.37. The highest BCUT2D eigenvalue weighted by molar-refractivity contribution is 9.10. The maximum atomic E-state index is 13.4. The van der Waals surface area contributed by atoms with Gasteiger partial charge in [0, 0.05) is 15.7 Å². The molecular weight excluding hydrogens is 580 g/mol. The number of rotatable bonds is 8. The van der Waals surface area contributed by atoms with Crippen LogP contribution < -0.4 is 9.62 Å². The molecule has 1 N–H and O–H groups in total. The van der Waals surface area contributed by atoms with E-state index in [0.717, 1.165) is 25.7 Å². The number of hydrogen-bond acceptors (Lipinski definition) is 4. The lowest BCUT2D eigenvalue weighted by atomic mass is 9.98. The van der Waals surface area contributed by atoms with E-state index < -0.39 is 10.0 Å². The summed E-state index contributed by atoms with van der Waals surface area (Å²) in [6.45, 7) is 2.08. The molecule has 0 aliphatic heterocycles. The molecule has 0 saturated carbocycles. The Morgan fingerprint density at radius 1 is 0.868 bits per heavy atom. The first-order valence-corrected chi connectivity index (χ1v) is 15.1. The molecule has 4 aromatic carbocycles. The molecule has 0 fully saturated rings. The van der Waals surface area contributed by atoms with Crippen LogP contribution in [0.25, 0.3) is 10.1 Å². The molecule has 5 nitrogen and oxygen atoms in total. The lowest BCUT2D eigenvalue weighted by molar-refractivity contribution is 0.0947. The Balaban J connectivity index is 1.44. The molecule has 1 amide bonds. The lowest BCUT2D eigenvalue weighted by Crippen LogP contribution is -2.30. The zero-order valence-electron chi connectivity index (χ0n) is 20.5. The number of benzene rings is 4. The second-order valence-electron chi connectivity index (χ2n) is 8.68. The zero-order valence-corrected chi connectivity index (χ0v) is 23.8. The second kappa shape index (κ2) is 11.1. The first kappa shape index (κ1) is 26.2. The summed E-state index contributed by atoms with van der Waals surface area (Å²) in [5.74, 6) is -0.180. The fraction of sp³-hybridized carbons (Fsp3) is 0.100. The SMILES string of the molecule is CCN(c1ccc2sc(C(=O)NC(c3ccccc3)c3ccccc3)cc2c1)S(=O)(=O)c1ccc(Br)cc1. The van der Waals surface area contributed by atoms with Crippen LogP contribution in [0.15, 0.2) is 119 Å². The standard InChI is InChI=1S/C30H25BrN2O3S2/c1-2-33(38(35,36)26-16-13-24(31)14-17-26)25-15-18-27-23(19-25)20-28(37-27)30(34)32-29(21-9-5-3-6-10-21)22-11-7-4-8-12-22/h3-20,29H,2H2,1H3,(H,32,34). The van der Waals surface area contributed by atoms with Crippen molar-refractivity contribution in [3.8, 4) is 0 Å². The van der Waals surface area contributed by atoms with Crippen LogP contribution in [-0.2, 0) is 10.0 Å². The minimum Gasteiger partial charge on any atom is -0.340 e. The van der Waals surface area contributed by atoms with Gasteiger partial charge in [0.1, 0.15) is 0 Å². The molecular formula is C30H25BrN2O3S2. The molecule has 0 unspecified atom stereocenters. The predicted octanol–water partition coefficient (Wildman–Crippen LogP) is 7.40. The van der Waals surface area contributed by atoms with Crippen molar-refractivity contribution < 1.29 is 13.2 Å². The van der Waals surface area contributed by atoms with Crippen LogP contribution in [0.4, 0.5) is 5.69 Å². The van der Waals surface area contributed by atoms with Crippen LogP contribution in [0.5, 0.6) is 0 Å². The van der Waals surface area contributed by atoms with Crippen LogP contribution in [-0.4, -0.2) is 20.9 Å². The molecule has 0 spiro atoms. The van der Waals surface area contributed by atoms with Crippen LogP contribution in [0.2, 0.25) is 0 Å². The molecule has 38 heavy (non-hydrogen) atoms. The van der Waals surface area contributed by atoms with Gasteiger partial charge in [-0.3, -0.25) is 9.10 Å². The third-order valence-electron chi connectivity index (χ3n) is 6.24. The molecule has 192 valence electrons. The first-order chi connectivity index (χ1) is 18.4. The number of sulfonamides is 1. The molecule has 0 radical (unpaired) electrons. The molecule has 0 saturated heterocycles. The summed E-state index contributed by atoms with van der Waals surface area (Å²) < 4.78 is 29.8. The van der Waals surface area contributed by atoms with E-state index in [1.54, 1.807) is 37.3 Å². The van der Waals surface area contributed by atoms with Gasteiger partial charge in [0.25, 0.3) is 15.9 Å². The topological polar surface area (TPSA) is 66.5 Å². The number of nitrogens with zero attached hydrogens (tertiary/aromatic N) is 1. The molecule has 0 bridgehead atoms. The average molecular weight is 606 g/mol. The van der Waals surface area contributed by atoms with Gasteiger partial charge in [-0.1, -0.05) is 76.6 Å². The second-order valence-corrected chi connectivity index (χ2v) is 12.5. The number of thiophene rings is 1. The van der Waals surface area contributed by atoms with Crippen molar-refractivity contribution in [2.45, 2.75) is 17.9 Å². The highest BCUT2D eigenvalue weighted by atomic mass is 79.9. The van der Waals surface area contributed by atoms with Crippen LogP contribution in [0, 0.1) is 0 Å². The summed E-state index contributed by atoms with van der Waals surface area (Å²) >= 11 is 4.74. The third-order valence-corrected chi connectivity index (χ3v) is 9.80. The molecule has 0 aliphatic carbocycles. The van der Waals surface area contributed by atoms with Crippen molar-refractivity contribution in [3.05, 3.63) is 130 Å². The number of halogens is 1. The maximum absolute atomic E-state index is 13.4. The number of nitrogens with one attached hydrogen (secondary N) is 1. The van der Waals surface area contributed by atoms with E-state index in [2.05, 4.69) is 21.2 Å². The van der Waals surface area contributed by atoms with Gasteiger partial charge in [0.2, 0.25) is 0 Å². The molecule has 0 aliphatic rings. The van der Waals surface area contributed by atoms with Gasteiger partial charge in [-0.05, 0) is 72.0 Å². The summed E-state index contributed by atoms with van der Waals surface area (Å²) in [6, 6.07) is 33.4. The number of hydrogen-bond donors (Lipinski definition) is 1. The first-order valence-electron chi connectivity index (χ1n) is 12.1. The third kappa shape index (κ3) is 5.38. The van der Waals surface area contributed by atoms with E-state index in [0.29, 0.717) is 10.6 Å². The maximum Gasteiger partial charge on any atom is 0.264 e. The number of fused-ring (bicyclic) bond motifs is 1. The highest BCUT2D eigenvalue weighted by Gasteiger charge is 2.24. The van der Waals surface area contributed by atoms with Crippen LogP contribution in [0.3, 0.4) is 0 Å². The minimum absolute atomic E-state index is 0.180. The van der Waals surface area contributed by atoms with E-state index in [9.17, 15) is 13.2 Å². The summed E-state index contributed by atoms with van der Waals surface area (Å²) in [4.78, 5) is 14.2. The Labute approximate surface area is 234 Å².